The van der Waals surface area contributed by atoms with Gasteiger partial charge in [-0.05, 0) is 48.2 Å². The van der Waals surface area contributed by atoms with Gasteiger partial charge in [-0.2, -0.15) is 0 Å². The molecule has 124 valence electrons. The van der Waals surface area contributed by atoms with E-state index in [1.807, 2.05) is 6.92 Å². The van der Waals surface area contributed by atoms with Crippen LogP contribution >= 0.6 is 0 Å². The molecular weight excluding hydrogens is 328 g/mol. The Morgan fingerprint density at radius 3 is 2.50 bits per heavy atom. The van der Waals surface area contributed by atoms with Crippen molar-refractivity contribution < 1.29 is 23.1 Å². The summed E-state index contributed by atoms with van der Waals surface area (Å²) in [6.45, 7) is 1.96. The largest absolute Gasteiger partial charge is 0.545 e. The molecule has 5 nitrogen and oxygen atoms in total. The maximum absolute atomic E-state index is 12.9. The van der Waals surface area contributed by atoms with Gasteiger partial charge in [0.25, 0.3) is 0 Å². The van der Waals surface area contributed by atoms with Gasteiger partial charge >= 0.3 is 0 Å². The molecule has 1 aliphatic heterocycles. The Kier molecular flexibility index (Phi) is 4.01. The number of benzene rings is 2. The second-order valence-electron chi connectivity index (χ2n) is 5.73. The van der Waals surface area contributed by atoms with Crippen LogP contribution in [0.15, 0.2) is 46.2 Å². The molecule has 0 saturated heterocycles. The van der Waals surface area contributed by atoms with Gasteiger partial charge in [0.1, 0.15) is 0 Å². The highest BCUT2D eigenvalue weighted by atomic mass is 32.2. The number of ketones is 1. The molecule has 0 amide bonds. The molecule has 0 bridgehead atoms. The van der Waals surface area contributed by atoms with Crippen molar-refractivity contribution in [3.63, 3.8) is 0 Å². The Morgan fingerprint density at radius 1 is 1.12 bits per heavy atom. The predicted octanol–water partition coefficient (Wildman–Crippen LogP) is 1.77. The Bertz CT molecular complexity index is 957. The summed E-state index contributed by atoms with van der Waals surface area (Å²) in [6, 6.07) is 8.37. The first kappa shape index (κ1) is 16.4. The number of hydrogen-bond donors (Lipinski definition) is 0. The molecule has 6 heteroatoms. The van der Waals surface area contributed by atoms with Crippen molar-refractivity contribution in [2.75, 3.05) is 0 Å². The molecule has 1 aliphatic rings. The van der Waals surface area contributed by atoms with E-state index in [1.165, 1.54) is 24.3 Å². The predicted molar refractivity (Wildman–Crippen MR) is 84.7 cm³/mol. The number of fused-ring (bicyclic) bond motifs is 2. The van der Waals surface area contributed by atoms with Crippen LogP contribution in [-0.4, -0.2) is 20.2 Å². The van der Waals surface area contributed by atoms with Gasteiger partial charge < -0.3 is 9.90 Å². The van der Waals surface area contributed by atoms with Crippen LogP contribution in [0.25, 0.3) is 0 Å². The molecule has 0 fully saturated rings. The number of sulfone groups is 1. The smallest absolute Gasteiger partial charge is 0.208 e. The molecule has 0 spiro atoms. The summed E-state index contributed by atoms with van der Waals surface area (Å²) in [7, 11) is -3.95. The molecule has 0 unspecified atom stereocenters. The van der Waals surface area contributed by atoms with E-state index in [1.54, 1.807) is 6.07 Å². The van der Waals surface area contributed by atoms with Crippen molar-refractivity contribution in [2.24, 2.45) is 0 Å². The molecular formula is C18H15O5S-. The van der Waals surface area contributed by atoms with E-state index in [4.69, 9.17) is 0 Å². The Morgan fingerprint density at radius 2 is 1.83 bits per heavy atom. The standard InChI is InChI=1S/C18H16O5S/c1-2-3-6-11-9-12(18(20)21)10-15-16(11)17(19)13-7-4-5-8-14(13)24(15,22)23/h4-5,7-10H,2-3,6H2,1H3,(H,20,21)/p-1. The Hall–Kier alpha value is -2.47. The van der Waals surface area contributed by atoms with Gasteiger partial charge in [0.2, 0.25) is 9.84 Å². The Balaban J connectivity index is 2.35. The van der Waals surface area contributed by atoms with Crippen molar-refractivity contribution in [1.29, 1.82) is 0 Å². The molecule has 1 heterocycles. The zero-order valence-electron chi connectivity index (χ0n) is 13.0. The Labute approximate surface area is 139 Å². The van der Waals surface area contributed by atoms with E-state index in [9.17, 15) is 23.1 Å². The third kappa shape index (κ3) is 2.43. The molecule has 2 aromatic carbocycles. The van der Waals surface area contributed by atoms with Crippen LogP contribution in [0.3, 0.4) is 0 Å². The molecule has 0 saturated carbocycles. The van der Waals surface area contributed by atoms with Crippen molar-refractivity contribution in [3.05, 3.63) is 58.7 Å². The third-order valence-corrected chi connectivity index (χ3v) is 5.99. The molecule has 0 atom stereocenters. The van der Waals surface area contributed by atoms with E-state index in [0.717, 1.165) is 18.9 Å². The number of aryl methyl sites for hydroxylation is 1. The van der Waals surface area contributed by atoms with E-state index in [2.05, 4.69) is 0 Å². The van der Waals surface area contributed by atoms with Crippen molar-refractivity contribution >= 4 is 21.6 Å². The van der Waals surface area contributed by atoms with E-state index >= 15 is 0 Å². The third-order valence-electron chi connectivity index (χ3n) is 4.16. The average Bonchev–Trinajstić information content (AvgIpc) is 2.57. The van der Waals surface area contributed by atoms with Gasteiger partial charge in [-0.1, -0.05) is 25.5 Å². The van der Waals surface area contributed by atoms with Crippen LogP contribution < -0.4 is 5.11 Å². The van der Waals surface area contributed by atoms with Crippen molar-refractivity contribution in [3.8, 4) is 0 Å². The van der Waals surface area contributed by atoms with Crippen LogP contribution in [0.5, 0.6) is 0 Å². The molecule has 2 aromatic rings. The maximum Gasteiger partial charge on any atom is 0.208 e. The summed E-state index contributed by atoms with van der Waals surface area (Å²) in [5.41, 5.74) is 0.434. The SMILES string of the molecule is CCCCc1cc(C(=O)[O-])cc2c1C(=O)c1ccccc1S2(=O)=O. The maximum atomic E-state index is 12.9. The topological polar surface area (TPSA) is 91.3 Å². The summed E-state index contributed by atoms with van der Waals surface area (Å²) in [5.74, 6) is -1.84. The fourth-order valence-corrected chi connectivity index (χ4v) is 4.69. The molecule has 3 rings (SSSR count). The first-order valence-electron chi connectivity index (χ1n) is 7.65. The molecule has 24 heavy (non-hydrogen) atoms. The van der Waals surface area contributed by atoms with E-state index in [-0.39, 0.29) is 32.3 Å². The van der Waals surface area contributed by atoms with Crippen LogP contribution in [0.2, 0.25) is 0 Å². The van der Waals surface area contributed by atoms with Gasteiger partial charge in [0.05, 0.1) is 15.8 Å². The van der Waals surface area contributed by atoms with Crippen LogP contribution in [0, 0.1) is 0 Å². The molecule has 0 N–H and O–H groups in total. The number of rotatable bonds is 4. The summed E-state index contributed by atoms with van der Waals surface area (Å²) in [6.07, 6.45) is 1.99. The van der Waals surface area contributed by atoms with Crippen molar-refractivity contribution in [2.45, 2.75) is 36.0 Å². The number of carboxylic acid groups (broad SMARTS) is 1. The normalized spacial score (nSPS) is 14.8. The lowest BCUT2D eigenvalue weighted by Gasteiger charge is -2.22. The minimum absolute atomic E-state index is 0.0839. The van der Waals surface area contributed by atoms with Gasteiger partial charge in [-0.15, -0.1) is 0 Å². The lowest BCUT2D eigenvalue weighted by atomic mass is 9.93. The van der Waals surface area contributed by atoms with Gasteiger partial charge in [-0.25, -0.2) is 8.42 Å². The van der Waals surface area contributed by atoms with Gasteiger partial charge in [0.15, 0.2) is 5.78 Å². The fraction of sp³-hybridized carbons (Fsp3) is 0.222. The van der Waals surface area contributed by atoms with Crippen LogP contribution in [0.4, 0.5) is 0 Å². The second-order valence-corrected chi connectivity index (χ2v) is 7.61. The zero-order valence-corrected chi connectivity index (χ0v) is 13.9. The summed E-state index contributed by atoms with van der Waals surface area (Å²) >= 11 is 0. The lowest BCUT2D eigenvalue weighted by molar-refractivity contribution is -0.255. The molecule has 0 aromatic heterocycles. The minimum Gasteiger partial charge on any atom is -0.545 e. The minimum atomic E-state index is -3.95. The lowest BCUT2D eigenvalue weighted by Crippen LogP contribution is -2.26. The number of carboxylic acids is 1. The number of carbonyl (C=O) groups is 2. The summed E-state index contributed by atoms with van der Waals surface area (Å²) < 4.78 is 25.8. The number of aromatic carboxylic acids is 1. The number of carbonyl (C=O) groups excluding carboxylic acids is 2. The number of unbranched alkanes of at least 4 members (excludes halogenated alkanes) is 1. The first-order valence-corrected chi connectivity index (χ1v) is 9.13. The highest BCUT2D eigenvalue weighted by molar-refractivity contribution is 7.91. The number of hydrogen-bond acceptors (Lipinski definition) is 5. The van der Waals surface area contributed by atoms with Crippen molar-refractivity contribution in [1.82, 2.24) is 0 Å². The zero-order chi connectivity index (χ0) is 17.5. The van der Waals surface area contributed by atoms with E-state index < -0.39 is 15.8 Å². The highest BCUT2D eigenvalue weighted by Crippen LogP contribution is 2.37. The van der Waals surface area contributed by atoms with Gasteiger partial charge in [0, 0.05) is 11.1 Å². The second kappa shape index (κ2) is 5.87. The van der Waals surface area contributed by atoms with Crippen LogP contribution in [-0.2, 0) is 16.3 Å². The van der Waals surface area contributed by atoms with E-state index in [0.29, 0.717) is 12.0 Å². The summed E-state index contributed by atoms with van der Waals surface area (Å²) in [5, 5.41) is 11.3. The van der Waals surface area contributed by atoms with Crippen LogP contribution in [0.1, 0.15) is 51.6 Å². The first-order chi connectivity index (χ1) is 11.4. The monoisotopic (exact) mass is 343 g/mol. The highest BCUT2D eigenvalue weighted by Gasteiger charge is 2.36. The fourth-order valence-electron chi connectivity index (χ4n) is 2.97. The average molecular weight is 343 g/mol. The molecule has 0 aliphatic carbocycles. The summed E-state index contributed by atoms with van der Waals surface area (Å²) in [4.78, 5) is 23.8. The quantitative estimate of drug-likeness (QED) is 0.720. The molecule has 0 radical (unpaired) electrons. The van der Waals surface area contributed by atoms with Gasteiger partial charge in [-0.3, -0.25) is 4.79 Å².